The molecule has 0 aliphatic rings. The SMILES string of the molecule is O=C(Nc1nccs1)c1cc(O)c2ccccc2c1. The van der Waals surface area contributed by atoms with Crippen LogP contribution in [0.15, 0.2) is 48.0 Å². The van der Waals surface area contributed by atoms with E-state index >= 15 is 0 Å². The topological polar surface area (TPSA) is 62.2 Å². The number of hydrogen-bond acceptors (Lipinski definition) is 4. The van der Waals surface area contributed by atoms with Crippen LogP contribution < -0.4 is 5.32 Å². The summed E-state index contributed by atoms with van der Waals surface area (Å²) in [6.07, 6.45) is 1.62. The molecular weight excluding hydrogens is 260 g/mol. The Morgan fingerprint density at radius 1 is 1.26 bits per heavy atom. The largest absolute Gasteiger partial charge is 0.507 e. The van der Waals surface area contributed by atoms with Gasteiger partial charge >= 0.3 is 0 Å². The number of aromatic hydroxyl groups is 1. The highest BCUT2D eigenvalue weighted by atomic mass is 32.1. The van der Waals surface area contributed by atoms with E-state index in [1.165, 1.54) is 17.4 Å². The molecule has 1 aromatic heterocycles. The summed E-state index contributed by atoms with van der Waals surface area (Å²) in [5.74, 6) is -0.182. The number of rotatable bonds is 2. The molecule has 0 fully saturated rings. The zero-order chi connectivity index (χ0) is 13.2. The summed E-state index contributed by atoms with van der Waals surface area (Å²) in [5, 5.41) is 16.5. The number of anilines is 1. The summed E-state index contributed by atoms with van der Waals surface area (Å²) in [5.41, 5.74) is 0.409. The molecule has 0 atom stereocenters. The van der Waals surface area contributed by atoms with E-state index in [4.69, 9.17) is 0 Å². The van der Waals surface area contributed by atoms with Gasteiger partial charge in [0.2, 0.25) is 0 Å². The molecule has 0 bridgehead atoms. The number of phenols is 1. The Hall–Kier alpha value is -2.40. The number of phenolic OH excluding ortho intramolecular Hbond substituents is 1. The summed E-state index contributed by atoms with van der Waals surface area (Å²) < 4.78 is 0. The lowest BCUT2D eigenvalue weighted by Gasteiger charge is -2.06. The number of nitrogens with zero attached hydrogens (tertiary/aromatic N) is 1. The van der Waals surface area contributed by atoms with Crippen LogP contribution in [0.4, 0.5) is 5.13 Å². The first kappa shape index (κ1) is 11.7. The number of carbonyl (C=O) groups excluding carboxylic acids is 1. The molecule has 2 N–H and O–H groups in total. The summed E-state index contributed by atoms with van der Waals surface area (Å²) in [6, 6.07) is 10.6. The Kier molecular flexibility index (Phi) is 2.89. The fourth-order valence-corrected chi connectivity index (χ4v) is 2.40. The lowest BCUT2D eigenvalue weighted by molar-refractivity contribution is 0.102. The second-order valence-electron chi connectivity index (χ2n) is 4.01. The van der Waals surface area contributed by atoms with Crippen molar-refractivity contribution in [3.63, 3.8) is 0 Å². The minimum absolute atomic E-state index is 0.0994. The van der Waals surface area contributed by atoms with E-state index in [1.54, 1.807) is 17.6 Å². The van der Waals surface area contributed by atoms with Gasteiger partial charge in [-0.2, -0.15) is 0 Å². The molecule has 0 saturated heterocycles. The van der Waals surface area contributed by atoms with E-state index in [0.29, 0.717) is 10.7 Å². The number of thiazole rings is 1. The van der Waals surface area contributed by atoms with Gasteiger partial charge in [-0.05, 0) is 17.5 Å². The standard InChI is InChI=1S/C14H10N2O2S/c17-12-8-10(7-9-3-1-2-4-11(9)12)13(18)16-14-15-5-6-19-14/h1-8,17H,(H,15,16,18). The predicted molar refractivity (Wildman–Crippen MR) is 75.7 cm³/mol. The molecule has 4 nitrogen and oxygen atoms in total. The second kappa shape index (κ2) is 4.70. The van der Waals surface area contributed by atoms with Crippen LogP contribution in [0.25, 0.3) is 10.8 Å². The molecule has 0 radical (unpaired) electrons. The van der Waals surface area contributed by atoms with Crippen LogP contribution in [0, 0.1) is 0 Å². The molecule has 0 unspecified atom stereocenters. The molecule has 0 spiro atoms. The van der Waals surface area contributed by atoms with Gasteiger partial charge < -0.3 is 5.11 Å². The summed E-state index contributed by atoms with van der Waals surface area (Å²) in [6.45, 7) is 0. The minimum Gasteiger partial charge on any atom is -0.507 e. The van der Waals surface area contributed by atoms with Crippen LogP contribution in [0.2, 0.25) is 0 Å². The third-order valence-electron chi connectivity index (χ3n) is 2.75. The quantitative estimate of drug-likeness (QED) is 0.751. The van der Waals surface area contributed by atoms with E-state index < -0.39 is 0 Å². The van der Waals surface area contributed by atoms with Crippen molar-refractivity contribution in [2.75, 3.05) is 5.32 Å². The van der Waals surface area contributed by atoms with Gasteiger partial charge in [0.25, 0.3) is 5.91 Å². The first-order valence-electron chi connectivity index (χ1n) is 5.66. The summed E-state index contributed by atoms with van der Waals surface area (Å²) in [4.78, 5) is 16.0. The molecule has 5 heteroatoms. The average Bonchev–Trinajstić information content (AvgIpc) is 2.91. The maximum absolute atomic E-state index is 12.1. The van der Waals surface area contributed by atoms with E-state index in [9.17, 15) is 9.90 Å². The number of nitrogens with one attached hydrogen (secondary N) is 1. The van der Waals surface area contributed by atoms with Crippen molar-refractivity contribution in [2.24, 2.45) is 0 Å². The van der Waals surface area contributed by atoms with Gasteiger partial charge in [0.1, 0.15) is 5.75 Å². The molecule has 19 heavy (non-hydrogen) atoms. The fraction of sp³-hybridized carbons (Fsp3) is 0. The molecule has 3 aromatic rings. The Labute approximate surface area is 113 Å². The van der Waals surface area contributed by atoms with Gasteiger partial charge in [-0.3, -0.25) is 10.1 Å². The number of benzene rings is 2. The van der Waals surface area contributed by atoms with Crippen molar-refractivity contribution >= 4 is 33.1 Å². The highest BCUT2D eigenvalue weighted by Gasteiger charge is 2.10. The smallest absolute Gasteiger partial charge is 0.257 e. The van der Waals surface area contributed by atoms with Gasteiger partial charge in [0, 0.05) is 22.5 Å². The van der Waals surface area contributed by atoms with Crippen molar-refractivity contribution in [1.29, 1.82) is 0 Å². The van der Waals surface area contributed by atoms with Crippen LogP contribution in [-0.2, 0) is 0 Å². The van der Waals surface area contributed by atoms with Gasteiger partial charge in [0.05, 0.1) is 0 Å². The average molecular weight is 270 g/mol. The molecule has 1 amide bonds. The van der Waals surface area contributed by atoms with Crippen LogP contribution in [-0.4, -0.2) is 16.0 Å². The third-order valence-corrected chi connectivity index (χ3v) is 3.44. The normalized spacial score (nSPS) is 10.5. The second-order valence-corrected chi connectivity index (χ2v) is 4.90. The molecule has 1 heterocycles. The zero-order valence-electron chi connectivity index (χ0n) is 9.83. The Morgan fingerprint density at radius 2 is 2.11 bits per heavy atom. The third kappa shape index (κ3) is 2.28. The minimum atomic E-state index is -0.281. The van der Waals surface area contributed by atoms with E-state index in [0.717, 1.165) is 10.8 Å². The van der Waals surface area contributed by atoms with E-state index in [2.05, 4.69) is 10.3 Å². The summed E-state index contributed by atoms with van der Waals surface area (Å²) in [7, 11) is 0. The molecule has 3 rings (SSSR count). The molecule has 0 saturated carbocycles. The fourth-order valence-electron chi connectivity index (χ4n) is 1.88. The lowest BCUT2D eigenvalue weighted by atomic mass is 10.1. The highest BCUT2D eigenvalue weighted by Crippen LogP contribution is 2.26. The monoisotopic (exact) mass is 270 g/mol. The molecule has 0 aliphatic carbocycles. The maximum Gasteiger partial charge on any atom is 0.257 e. The predicted octanol–water partition coefficient (Wildman–Crippen LogP) is 3.25. The van der Waals surface area contributed by atoms with E-state index in [-0.39, 0.29) is 11.7 Å². The maximum atomic E-state index is 12.1. The number of carbonyl (C=O) groups is 1. The van der Waals surface area contributed by atoms with Crippen molar-refractivity contribution in [2.45, 2.75) is 0 Å². The van der Waals surface area contributed by atoms with Crippen LogP contribution in [0.5, 0.6) is 5.75 Å². The van der Waals surface area contributed by atoms with Crippen molar-refractivity contribution in [3.05, 3.63) is 53.5 Å². The Balaban J connectivity index is 1.98. The lowest BCUT2D eigenvalue weighted by Crippen LogP contribution is -2.11. The van der Waals surface area contributed by atoms with Gasteiger partial charge in [-0.25, -0.2) is 4.98 Å². The van der Waals surface area contributed by atoms with Crippen molar-refractivity contribution < 1.29 is 9.90 Å². The number of aromatic nitrogens is 1. The van der Waals surface area contributed by atoms with Crippen LogP contribution >= 0.6 is 11.3 Å². The van der Waals surface area contributed by atoms with Crippen molar-refractivity contribution in [3.8, 4) is 5.75 Å². The number of amides is 1. The molecule has 0 aliphatic heterocycles. The van der Waals surface area contributed by atoms with Gasteiger partial charge in [0.15, 0.2) is 5.13 Å². The van der Waals surface area contributed by atoms with E-state index in [1.807, 2.05) is 24.3 Å². The molecule has 2 aromatic carbocycles. The Bertz CT molecular complexity index is 738. The molecular formula is C14H10N2O2S. The zero-order valence-corrected chi connectivity index (χ0v) is 10.6. The number of fused-ring (bicyclic) bond motifs is 1. The number of hydrogen-bond donors (Lipinski definition) is 2. The van der Waals surface area contributed by atoms with Gasteiger partial charge in [-0.15, -0.1) is 11.3 Å². The first-order chi connectivity index (χ1) is 9.24. The van der Waals surface area contributed by atoms with Crippen molar-refractivity contribution in [1.82, 2.24) is 4.98 Å². The van der Waals surface area contributed by atoms with Crippen LogP contribution in [0.3, 0.4) is 0 Å². The first-order valence-corrected chi connectivity index (χ1v) is 6.54. The van der Waals surface area contributed by atoms with Gasteiger partial charge in [-0.1, -0.05) is 24.3 Å². The van der Waals surface area contributed by atoms with Crippen LogP contribution in [0.1, 0.15) is 10.4 Å². The molecule has 94 valence electrons. The summed E-state index contributed by atoms with van der Waals surface area (Å²) >= 11 is 1.35. The Morgan fingerprint density at radius 3 is 2.89 bits per heavy atom. The highest BCUT2D eigenvalue weighted by molar-refractivity contribution is 7.13.